The van der Waals surface area contributed by atoms with Crippen LogP contribution in [-0.2, 0) is 19.0 Å². The number of carbonyl (C=O) groups is 1. The van der Waals surface area contributed by atoms with Crippen LogP contribution in [-0.4, -0.2) is 30.6 Å². The number of hydrogen-bond acceptors (Lipinski definition) is 5. The van der Waals surface area contributed by atoms with Gasteiger partial charge in [0.25, 0.3) is 5.91 Å². The Balaban J connectivity index is 1.33. The van der Waals surface area contributed by atoms with Crippen LogP contribution in [0, 0.1) is 17.1 Å². The van der Waals surface area contributed by atoms with Crippen molar-refractivity contribution in [2.45, 2.75) is 25.8 Å². The zero-order valence-electron chi connectivity index (χ0n) is 20.6. The molecule has 0 aliphatic heterocycles. The molecule has 0 radical (unpaired) electrons. The number of fused-ring (bicyclic) bond motifs is 1. The van der Waals surface area contributed by atoms with E-state index in [4.69, 9.17) is 0 Å². The van der Waals surface area contributed by atoms with E-state index in [1.165, 1.54) is 12.4 Å². The number of aromatic amines is 1. The number of aryl methyl sites for hydroxylation is 1. The molecule has 0 bridgehead atoms. The minimum Gasteiger partial charge on any atom is -0.348 e. The van der Waals surface area contributed by atoms with Gasteiger partial charge < -0.3 is 10.3 Å². The van der Waals surface area contributed by atoms with Gasteiger partial charge in [-0.05, 0) is 43.7 Å². The van der Waals surface area contributed by atoms with E-state index in [1.54, 1.807) is 47.3 Å². The van der Waals surface area contributed by atoms with Gasteiger partial charge in [-0.15, -0.1) is 0 Å². The normalized spacial score (nSPS) is 11.4. The molecule has 3 heterocycles. The van der Waals surface area contributed by atoms with Crippen molar-refractivity contribution in [2.24, 2.45) is 7.05 Å². The average molecular weight is 494 g/mol. The number of carbonyl (C=O) groups excluding carboxylic acids is 1. The van der Waals surface area contributed by atoms with E-state index in [0.717, 1.165) is 22.2 Å². The molecule has 0 aliphatic rings. The highest BCUT2D eigenvalue weighted by Gasteiger charge is 2.20. The molecule has 9 heteroatoms. The molecule has 0 unspecified atom stereocenters. The molecule has 2 aromatic carbocycles. The second-order valence-corrected chi connectivity index (χ2v) is 9.37. The van der Waals surface area contributed by atoms with Crippen LogP contribution < -0.4 is 5.32 Å². The van der Waals surface area contributed by atoms with Gasteiger partial charge >= 0.3 is 0 Å². The second-order valence-electron chi connectivity index (χ2n) is 9.37. The average Bonchev–Trinajstić information content (AvgIpc) is 3.54. The van der Waals surface area contributed by atoms with Gasteiger partial charge in [0, 0.05) is 47.4 Å². The standard InChI is InChI=1S/C28H24FN7O/c1-28(2,15-30)21-8-6-17(7-9-21)27(37)31-12-19-5-4-18(10-23(19)29)25-22-11-24(20-13-34-36(3)14-20)35-26(22)33-16-32-25/h4-11,13-14,16H,12H2,1-3H3,(H,31,37)(H,32,33,35). The fourth-order valence-electron chi connectivity index (χ4n) is 4.10. The first kappa shape index (κ1) is 23.9. The molecule has 184 valence electrons. The van der Waals surface area contributed by atoms with Gasteiger partial charge in [0.05, 0.1) is 29.1 Å². The Hall–Kier alpha value is -4.84. The lowest BCUT2D eigenvalue weighted by Crippen LogP contribution is -2.23. The van der Waals surface area contributed by atoms with E-state index in [2.05, 4.69) is 31.4 Å². The van der Waals surface area contributed by atoms with Gasteiger partial charge in [0.2, 0.25) is 0 Å². The topological polar surface area (TPSA) is 112 Å². The van der Waals surface area contributed by atoms with Crippen LogP contribution in [0.5, 0.6) is 0 Å². The highest BCUT2D eigenvalue weighted by molar-refractivity contribution is 5.95. The van der Waals surface area contributed by atoms with Gasteiger partial charge in [0.1, 0.15) is 17.8 Å². The number of hydrogen-bond donors (Lipinski definition) is 2. The fourth-order valence-corrected chi connectivity index (χ4v) is 4.10. The third-order valence-corrected chi connectivity index (χ3v) is 6.36. The summed E-state index contributed by atoms with van der Waals surface area (Å²) in [6.07, 6.45) is 5.08. The number of amides is 1. The van der Waals surface area contributed by atoms with Crippen LogP contribution in [0.1, 0.15) is 35.3 Å². The van der Waals surface area contributed by atoms with Crippen molar-refractivity contribution in [3.8, 4) is 28.6 Å². The third kappa shape index (κ3) is 4.69. The van der Waals surface area contributed by atoms with E-state index in [9.17, 15) is 10.1 Å². The summed E-state index contributed by atoms with van der Waals surface area (Å²) in [5.74, 6) is -0.767. The van der Waals surface area contributed by atoms with Crippen LogP contribution in [0.4, 0.5) is 4.39 Å². The van der Waals surface area contributed by atoms with E-state index in [-0.39, 0.29) is 12.5 Å². The first-order chi connectivity index (χ1) is 17.7. The summed E-state index contributed by atoms with van der Waals surface area (Å²) in [4.78, 5) is 24.6. The molecule has 1 amide bonds. The van der Waals surface area contributed by atoms with E-state index in [0.29, 0.717) is 28.0 Å². The molecule has 5 aromatic rings. The van der Waals surface area contributed by atoms with Crippen LogP contribution in [0.3, 0.4) is 0 Å². The number of rotatable bonds is 6. The van der Waals surface area contributed by atoms with Crippen molar-refractivity contribution in [1.82, 2.24) is 30.0 Å². The molecule has 0 saturated carbocycles. The Morgan fingerprint density at radius 1 is 1.14 bits per heavy atom. The van der Waals surface area contributed by atoms with E-state index >= 15 is 4.39 Å². The molecule has 0 aliphatic carbocycles. The van der Waals surface area contributed by atoms with Crippen molar-refractivity contribution >= 4 is 16.9 Å². The maximum atomic E-state index is 15.0. The lowest BCUT2D eigenvalue weighted by atomic mass is 9.86. The van der Waals surface area contributed by atoms with Crippen molar-refractivity contribution < 1.29 is 9.18 Å². The van der Waals surface area contributed by atoms with Crippen molar-refractivity contribution in [3.63, 3.8) is 0 Å². The van der Waals surface area contributed by atoms with Crippen LogP contribution in [0.2, 0.25) is 0 Å². The Kier molecular flexibility index (Phi) is 6.01. The maximum absolute atomic E-state index is 15.0. The van der Waals surface area contributed by atoms with E-state index in [1.807, 2.05) is 33.2 Å². The largest absolute Gasteiger partial charge is 0.348 e. The summed E-state index contributed by atoms with van der Waals surface area (Å²) in [7, 11) is 1.84. The van der Waals surface area contributed by atoms with E-state index < -0.39 is 11.2 Å². The number of nitrogens with one attached hydrogen (secondary N) is 2. The molecule has 0 saturated heterocycles. The maximum Gasteiger partial charge on any atom is 0.251 e. The highest BCUT2D eigenvalue weighted by Crippen LogP contribution is 2.30. The van der Waals surface area contributed by atoms with Crippen LogP contribution in [0.25, 0.3) is 33.5 Å². The van der Waals surface area contributed by atoms with Gasteiger partial charge in [-0.2, -0.15) is 10.4 Å². The first-order valence-electron chi connectivity index (χ1n) is 11.7. The summed E-state index contributed by atoms with van der Waals surface area (Å²) < 4.78 is 16.8. The number of H-pyrrole nitrogens is 1. The Bertz CT molecular complexity index is 1660. The molecule has 5 rings (SSSR count). The second kappa shape index (κ2) is 9.32. The molecule has 0 atom stereocenters. The minimum atomic E-state index is -0.643. The number of halogens is 1. The Morgan fingerprint density at radius 2 is 1.92 bits per heavy atom. The van der Waals surface area contributed by atoms with Gasteiger partial charge in [-0.1, -0.05) is 24.3 Å². The zero-order chi connectivity index (χ0) is 26.2. The summed E-state index contributed by atoms with van der Waals surface area (Å²) in [5, 5.41) is 17.0. The third-order valence-electron chi connectivity index (χ3n) is 6.36. The highest BCUT2D eigenvalue weighted by atomic mass is 19.1. The zero-order valence-corrected chi connectivity index (χ0v) is 20.6. The lowest BCUT2D eigenvalue weighted by molar-refractivity contribution is 0.0950. The van der Waals surface area contributed by atoms with Gasteiger partial charge in [0.15, 0.2) is 0 Å². The lowest BCUT2D eigenvalue weighted by Gasteiger charge is -2.16. The van der Waals surface area contributed by atoms with Crippen molar-refractivity contribution in [3.05, 3.63) is 89.8 Å². The molecule has 2 N–H and O–H groups in total. The van der Waals surface area contributed by atoms with Crippen molar-refractivity contribution in [2.75, 3.05) is 0 Å². The molecule has 0 fully saturated rings. The molecule has 0 spiro atoms. The van der Waals surface area contributed by atoms with Crippen LogP contribution in [0.15, 0.2) is 67.3 Å². The summed E-state index contributed by atoms with van der Waals surface area (Å²) in [5.41, 5.74) is 4.58. The number of aromatic nitrogens is 5. The first-order valence-corrected chi connectivity index (χ1v) is 11.7. The molecule has 8 nitrogen and oxygen atoms in total. The number of benzene rings is 2. The van der Waals surface area contributed by atoms with Gasteiger partial charge in [-0.25, -0.2) is 14.4 Å². The van der Waals surface area contributed by atoms with Crippen LogP contribution >= 0.6 is 0 Å². The Morgan fingerprint density at radius 3 is 2.59 bits per heavy atom. The SMILES string of the molecule is Cn1cc(-c2cc3c(-c4ccc(CNC(=O)c5ccc(C(C)(C)C#N)cc5)c(F)c4)ncnc3[nH]2)cn1. The minimum absolute atomic E-state index is 0.0326. The quantitative estimate of drug-likeness (QED) is 0.350. The smallest absolute Gasteiger partial charge is 0.251 e. The number of nitriles is 1. The summed E-state index contributed by atoms with van der Waals surface area (Å²) in [6.45, 7) is 3.67. The fraction of sp³-hybridized carbons (Fsp3) is 0.179. The Labute approximate surface area is 212 Å². The molecule has 3 aromatic heterocycles. The number of nitrogens with zero attached hydrogens (tertiary/aromatic N) is 5. The van der Waals surface area contributed by atoms with Gasteiger partial charge in [-0.3, -0.25) is 9.48 Å². The molecular formula is C28H24FN7O. The summed E-state index contributed by atoms with van der Waals surface area (Å²) in [6, 6.07) is 15.9. The predicted octanol–water partition coefficient (Wildman–Crippen LogP) is 4.90. The summed E-state index contributed by atoms with van der Waals surface area (Å²) >= 11 is 0. The molecule has 37 heavy (non-hydrogen) atoms. The monoisotopic (exact) mass is 493 g/mol. The predicted molar refractivity (Wildman–Crippen MR) is 138 cm³/mol. The van der Waals surface area contributed by atoms with Crippen molar-refractivity contribution in [1.29, 1.82) is 5.26 Å². The molecular weight excluding hydrogens is 469 g/mol.